The third-order valence-corrected chi connectivity index (χ3v) is 23.8. The number of rotatable bonds is 19. The number of anilines is 15. The molecule has 0 aliphatic heterocycles. The van der Waals surface area contributed by atoms with Gasteiger partial charge in [-0.1, -0.05) is 346 Å². The summed E-state index contributed by atoms with van der Waals surface area (Å²) in [5, 5.41) is 12.3. The monoisotopic (exact) mass is 1600 g/mol. The molecule has 21 aromatic carbocycles. The summed E-state index contributed by atoms with van der Waals surface area (Å²) in [5.74, 6) is 0. The Balaban J connectivity index is 0.000000123. The van der Waals surface area contributed by atoms with Gasteiger partial charge in [0.25, 0.3) is 0 Å². The first-order valence-electron chi connectivity index (χ1n) is 42.7. The molecule has 6 nitrogen and oxygen atoms in total. The molecule has 0 aromatic heterocycles. The van der Waals surface area contributed by atoms with Crippen LogP contribution in [0.5, 0.6) is 0 Å². The fourth-order valence-electron chi connectivity index (χ4n) is 17.1. The van der Waals surface area contributed by atoms with E-state index < -0.39 is 0 Å². The van der Waals surface area contributed by atoms with Gasteiger partial charge >= 0.3 is 0 Å². The summed E-state index contributed by atoms with van der Waals surface area (Å²) in [6.07, 6.45) is 0. The smallest absolute Gasteiger partial charge is 0.0540 e. The van der Waals surface area contributed by atoms with Crippen molar-refractivity contribution in [3.8, 4) is 44.5 Å². The van der Waals surface area contributed by atoms with Gasteiger partial charge in [-0.05, 0) is 235 Å². The maximum atomic E-state index is 2.36. The minimum atomic E-state index is 1.11. The Hall–Kier alpha value is -16.3. The zero-order valence-corrected chi connectivity index (χ0v) is 70.1. The van der Waals surface area contributed by atoms with E-state index in [0.29, 0.717) is 0 Å². The van der Waals surface area contributed by atoms with Crippen LogP contribution in [0.25, 0.3) is 98.4 Å². The molecule has 0 aliphatic rings. The molecule has 21 rings (SSSR count). The number of nitrogens with zero attached hydrogens (tertiary/aromatic N) is 6. The van der Waals surface area contributed by atoms with Gasteiger partial charge in [0.05, 0.1) is 17.1 Å². The molecular formula is C119H92N6. The molecule has 6 heteroatoms. The summed E-state index contributed by atoms with van der Waals surface area (Å²) in [6.45, 7) is 0. The van der Waals surface area contributed by atoms with E-state index in [4.69, 9.17) is 0 Å². The highest BCUT2D eigenvalue weighted by Gasteiger charge is 2.22. The first kappa shape index (κ1) is 78.6. The Labute approximate surface area is 732 Å². The van der Waals surface area contributed by atoms with Gasteiger partial charge in [-0.2, -0.15) is 0 Å². The highest BCUT2D eigenvalue weighted by Crippen LogP contribution is 2.46. The maximum absolute atomic E-state index is 2.36. The van der Waals surface area contributed by atoms with Gasteiger partial charge in [-0.15, -0.1) is 0 Å². The van der Waals surface area contributed by atoms with Crippen molar-refractivity contribution in [2.24, 2.45) is 0 Å². The minimum Gasteiger partial charge on any atom is -0.345 e. The van der Waals surface area contributed by atoms with E-state index in [-0.39, 0.29) is 0 Å². The van der Waals surface area contributed by atoms with Crippen LogP contribution in [-0.4, -0.2) is 21.1 Å². The molecule has 0 heterocycles. The lowest BCUT2D eigenvalue weighted by Crippen LogP contribution is -2.12. The highest BCUT2D eigenvalue weighted by molar-refractivity contribution is 6.03. The second kappa shape index (κ2) is 36.3. The first-order valence-corrected chi connectivity index (χ1v) is 42.7. The summed E-state index contributed by atoms with van der Waals surface area (Å²) in [5.41, 5.74) is 26.8. The van der Waals surface area contributed by atoms with Crippen molar-refractivity contribution in [3.05, 3.63) is 504 Å². The van der Waals surface area contributed by atoms with Crippen molar-refractivity contribution < 1.29 is 0 Å². The lowest BCUT2D eigenvalue weighted by molar-refractivity contribution is 1.20. The van der Waals surface area contributed by atoms with Gasteiger partial charge in [0.1, 0.15) is 0 Å². The molecule has 0 bridgehead atoms. The van der Waals surface area contributed by atoms with Gasteiger partial charge < -0.3 is 29.4 Å². The van der Waals surface area contributed by atoms with Crippen LogP contribution >= 0.6 is 0 Å². The van der Waals surface area contributed by atoms with E-state index in [1.807, 2.05) is 0 Å². The molecular weight excluding hydrogens is 1510 g/mol. The van der Waals surface area contributed by atoms with Crippen LogP contribution in [0.1, 0.15) is 0 Å². The summed E-state index contributed by atoms with van der Waals surface area (Å²) in [6, 6.07) is 180. The van der Waals surface area contributed by atoms with Crippen LogP contribution < -0.4 is 29.4 Å². The van der Waals surface area contributed by atoms with Gasteiger partial charge in [-0.3, -0.25) is 0 Å². The molecule has 0 N–H and O–H groups in total. The summed E-state index contributed by atoms with van der Waals surface area (Å²) < 4.78 is 0. The molecule has 0 amide bonds. The first-order chi connectivity index (χ1) is 61.7. The average Bonchev–Trinajstić information content (AvgIpc) is 0.733. The zero-order chi connectivity index (χ0) is 84.2. The molecule has 0 saturated carbocycles. The number of hydrogen-bond donors (Lipinski definition) is 0. The van der Waals surface area contributed by atoms with E-state index in [2.05, 4.69) is 554 Å². The van der Waals surface area contributed by atoms with Crippen molar-refractivity contribution >= 4 is 139 Å². The molecule has 598 valence electrons. The summed E-state index contributed by atoms with van der Waals surface area (Å²) >= 11 is 0. The number of benzene rings is 21. The van der Waals surface area contributed by atoms with E-state index in [0.717, 1.165) is 73.9 Å². The maximum Gasteiger partial charge on any atom is 0.0540 e. The third kappa shape index (κ3) is 17.1. The Morgan fingerprint density at radius 2 is 0.312 bits per heavy atom. The standard InChI is InChI=1S/C41H32N2.2C39H30N2/c1-42(36-23-19-33(20-24-36)31-11-4-2-5-12-31)37-27-29-39(30-28-37)43(41-18-10-16-35-15-8-9-17-40(35)41)38-25-21-34(22-26-38)32-13-6-3-7-14-32;1-40(38-19-9-15-31-13-5-7-17-36(31)38)33-25-27-35(28-26-33)41(39-20-10-16-32-14-6-8-18-37(32)39)34-23-21-30(22-24-34)29-11-3-2-4-12-29;1-40(37-23-20-30-12-5-6-14-33(30)28-37)34-24-26-36(27-25-34)41(39-17-9-15-32-13-7-8-16-38(32)39)35-21-18-31(19-22-35)29-10-3-2-4-11-29/h2-30H,1H3;2*2-28H,1H3. The lowest BCUT2D eigenvalue weighted by Gasteiger charge is -2.28. The van der Waals surface area contributed by atoms with Crippen LogP contribution in [0.2, 0.25) is 0 Å². The third-order valence-electron chi connectivity index (χ3n) is 23.8. The van der Waals surface area contributed by atoms with Gasteiger partial charge in [-0.25, -0.2) is 0 Å². The van der Waals surface area contributed by atoms with Crippen molar-refractivity contribution in [3.63, 3.8) is 0 Å². The van der Waals surface area contributed by atoms with Gasteiger partial charge in [0, 0.05) is 111 Å². The molecule has 21 aromatic rings. The topological polar surface area (TPSA) is 19.4 Å². The Kier molecular flexibility index (Phi) is 22.8. The normalized spacial score (nSPS) is 11.0. The predicted octanol–water partition coefficient (Wildman–Crippen LogP) is 33.2. The van der Waals surface area contributed by atoms with Crippen LogP contribution in [0.4, 0.5) is 85.3 Å². The molecule has 0 radical (unpaired) electrons. The van der Waals surface area contributed by atoms with Crippen LogP contribution in [0.15, 0.2) is 504 Å². The minimum absolute atomic E-state index is 1.11. The number of fused-ring (bicyclic) bond motifs is 5. The second-order valence-corrected chi connectivity index (χ2v) is 31.4. The quantitative estimate of drug-likeness (QED) is 0.0798. The molecule has 0 unspecified atom stereocenters. The van der Waals surface area contributed by atoms with E-state index in [9.17, 15) is 0 Å². The highest BCUT2D eigenvalue weighted by atomic mass is 15.2. The lowest BCUT2D eigenvalue weighted by atomic mass is 10.0. The molecule has 0 spiro atoms. The Morgan fingerprint density at radius 1 is 0.120 bits per heavy atom. The largest absolute Gasteiger partial charge is 0.345 e. The van der Waals surface area contributed by atoms with E-state index in [1.54, 1.807) is 0 Å². The van der Waals surface area contributed by atoms with E-state index >= 15 is 0 Å². The van der Waals surface area contributed by atoms with Crippen LogP contribution in [0, 0.1) is 0 Å². The zero-order valence-electron chi connectivity index (χ0n) is 70.1. The Morgan fingerprint density at radius 3 is 0.616 bits per heavy atom. The van der Waals surface area contributed by atoms with Crippen molar-refractivity contribution in [2.45, 2.75) is 0 Å². The van der Waals surface area contributed by atoms with E-state index in [1.165, 1.54) is 110 Å². The van der Waals surface area contributed by atoms with Crippen LogP contribution in [0.3, 0.4) is 0 Å². The average molecular weight is 1610 g/mol. The Bertz CT molecular complexity index is 7190. The van der Waals surface area contributed by atoms with Crippen molar-refractivity contribution in [1.82, 2.24) is 0 Å². The van der Waals surface area contributed by atoms with Crippen LogP contribution in [-0.2, 0) is 0 Å². The van der Waals surface area contributed by atoms with Gasteiger partial charge in [0.2, 0.25) is 0 Å². The fraction of sp³-hybridized carbons (Fsp3) is 0.0252. The summed E-state index contributed by atoms with van der Waals surface area (Å²) in [4.78, 5) is 13.8. The van der Waals surface area contributed by atoms with Crippen molar-refractivity contribution in [2.75, 3.05) is 50.5 Å². The predicted molar refractivity (Wildman–Crippen MR) is 536 cm³/mol. The fourth-order valence-corrected chi connectivity index (χ4v) is 17.1. The molecule has 0 atom stereocenters. The van der Waals surface area contributed by atoms with Crippen molar-refractivity contribution in [1.29, 1.82) is 0 Å². The SMILES string of the molecule is CN(c1ccc(-c2ccccc2)cc1)c1ccc(N(c2ccc(-c3ccccc3)cc2)c2cccc3ccccc23)cc1.CN(c1ccc(N(c2ccc(-c3ccccc3)cc2)c2cccc3ccccc23)cc1)c1ccc2ccccc2c1.CN(c1ccc(N(c2ccc(-c3ccccc3)cc2)c2cccc3ccccc23)cc1)c1cccc2ccccc12. The number of hydrogen-bond acceptors (Lipinski definition) is 6. The molecule has 0 aliphatic carbocycles. The molecule has 0 fully saturated rings. The second-order valence-electron chi connectivity index (χ2n) is 31.4. The van der Waals surface area contributed by atoms with Gasteiger partial charge in [0.15, 0.2) is 0 Å². The molecule has 0 saturated heterocycles. The molecule has 125 heavy (non-hydrogen) atoms. The summed E-state index contributed by atoms with van der Waals surface area (Å²) in [7, 11) is 6.39.